The van der Waals surface area contributed by atoms with Crippen LogP contribution in [0, 0.1) is 5.92 Å². The number of fused-ring (bicyclic) bond motifs is 1. The van der Waals surface area contributed by atoms with E-state index in [1.165, 1.54) is 31.2 Å². The largest absolute Gasteiger partial charge is 0.378 e. The highest BCUT2D eigenvalue weighted by Crippen LogP contribution is 2.23. The van der Waals surface area contributed by atoms with Gasteiger partial charge >= 0.3 is 0 Å². The Morgan fingerprint density at radius 3 is 3.00 bits per heavy atom. The summed E-state index contributed by atoms with van der Waals surface area (Å²) in [7, 11) is 0. The van der Waals surface area contributed by atoms with Crippen LogP contribution in [-0.4, -0.2) is 19.3 Å². The molecule has 1 N–H and O–H groups in total. The van der Waals surface area contributed by atoms with Crippen LogP contribution in [0.25, 0.3) is 0 Å². The lowest BCUT2D eigenvalue weighted by Gasteiger charge is -2.15. The Morgan fingerprint density at radius 1 is 1.28 bits per heavy atom. The lowest BCUT2D eigenvalue weighted by molar-refractivity contribution is 0.105. The van der Waals surface area contributed by atoms with Gasteiger partial charge in [-0.15, -0.1) is 0 Å². The summed E-state index contributed by atoms with van der Waals surface area (Å²) in [4.78, 5) is 0. The molecule has 1 heterocycles. The number of nitrogens with one attached hydrogen (secondary N) is 1. The topological polar surface area (TPSA) is 21.3 Å². The molecule has 1 fully saturated rings. The maximum Gasteiger partial charge on any atom is 0.0588 e. The zero-order chi connectivity index (χ0) is 12.4. The average molecular weight is 245 g/mol. The van der Waals surface area contributed by atoms with E-state index in [2.05, 4.69) is 30.4 Å². The molecule has 2 atom stereocenters. The van der Waals surface area contributed by atoms with Gasteiger partial charge in [0.15, 0.2) is 0 Å². The molecule has 18 heavy (non-hydrogen) atoms. The van der Waals surface area contributed by atoms with Crippen molar-refractivity contribution in [1.82, 2.24) is 5.32 Å². The number of rotatable bonds is 4. The summed E-state index contributed by atoms with van der Waals surface area (Å²) in [6.07, 6.45) is 5.52. The van der Waals surface area contributed by atoms with Crippen LogP contribution in [0.5, 0.6) is 0 Å². The van der Waals surface area contributed by atoms with Crippen molar-refractivity contribution in [3.63, 3.8) is 0 Å². The summed E-state index contributed by atoms with van der Waals surface area (Å²) < 4.78 is 5.59. The molecular formula is C16H23NO. The van der Waals surface area contributed by atoms with Crippen molar-refractivity contribution in [2.75, 3.05) is 13.2 Å². The lowest BCUT2D eigenvalue weighted by atomic mass is 10.0. The molecule has 2 nitrogen and oxygen atoms in total. The zero-order valence-electron chi connectivity index (χ0n) is 11.2. The minimum absolute atomic E-state index is 0.428. The summed E-state index contributed by atoms with van der Waals surface area (Å²) >= 11 is 0. The van der Waals surface area contributed by atoms with Crippen LogP contribution in [-0.2, 0) is 24.1 Å². The highest BCUT2D eigenvalue weighted by molar-refractivity contribution is 5.35. The summed E-state index contributed by atoms with van der Waals surface area (Å²) in [5, 5.41) is 3.59. The monoisotopic (exact) mass is 245 g/mol. The molecule has 1 aliphatic carbocycles. The fourth-order valence-electron chi connectivity index (χ4n) is 3.18. The van der Waals surface area contributed by atoms with Gasteiger partial charge in [0.05, 0.1) is 6.10 Å². The zero-order valence-corrected chi connectivity index (χ0v) is 11.2. The molecule has 0 saturated carbocycles. The van der Waals surface area contributed by atoms with Crippen LogP contribution in [0.1, 0.15) is 36.5 Å². The number of ether oxygens (including phenoxy) is 1. The molecule has 98 valence electrons. The predicted octanol–water partition coefficient (Wildman–Crippen LogP) is 2.69. The van der Waals surface area contributed by atoms with Crippen molar-refractivity contribution in [1.29, 1.82) is 0 Å². The molecule has 0 amide bonds. The van der Waals surface area contributed by atoms with Gasteiger partial charge in [0.1, 0.15) is 0 Å². The quantitative estimate of drug-likeness (QED) is 0.880. The third-order valence-electron chi connectivity index (χ3n) is 4.43. The van der Waals surface area contributed by atoms with Gasteiger partial charge in [-0.1, -0.05) is 18.2 Å². The smallest absolute Gasteiger partial charge is 0.0588 e. The van der Waals surface area contributed by atoms with Crippen molar-refractivity contribution in [2.24, 2.45) is 5.92 Å². The number of hydrogen-bond acceptors (Lipinski definition) is 2. The van der Waals surface area contributed by atoms with Gasteiger partial charge in [-0.05, 0) is 55.2 Å². The highest BCUT2D eigenvalue weighted by atomic mass is 16.5. The van der Waals surface area contributed by atoms with Gasteiger partial charge in [0, 0.05) is 19.7 Å². The average Bonchev–Trinajstić information content (AvgIpc) is 2.98. The van der Waals surface area contributed by atoms with Crippen molar-refractivity contribution < 1.29 is 4.74 Å². The van der Waals surface area contributed by atoms with Gasteiger partial charge in [-0.2, -0.15) is 0 Å². The van der Waals surface area contributed by atoms with E-state index in [0.29, 0.717) is 12.0 Å². The molecule has 0 bridgehead atoms. The molecule has 0 spiro atoms. The molecule has 1 aromatic carbocycles. The van der Waals surface area contributed by atoms with Crippen molar-refractivity contribution in [3.05, 3.63) is 34.9 Å². The Kier molecular flexibility index (Phi) is 3.67. The lowest BCUT2D eigenvalue weighted by Crippen LogP contribution is -2.26. The standard InChI is InChI=1S/C16H23NO/c1-12-16(7-8-18-12)11-17-10-13-5-6-14-3-2-4-15(14)9-13/h5-6,9,12,16-17H,2-4,7-8,10-11H2,1H3. The Hall–Kier alpha value is -0.860. The molecule has 2 unspecified atom stereocenters. The molecular weight excluding hydrogens is 222 g/mol. The van der Waals surface area contributed by atoms with E-state index in [-0.39, 0.29) is 0 Å². The summed E-state index contributed by atoms with van der Waals surface area (Å²) in [6, 6.07) is 7.00. The van der Waals surface area contributed by atoms with Crippen molar-refractivity contribution in [3.8, 4) is 0 Å². The Labute approximate surface area is 110 Å². The minimum Gasteiger partial charge on any atom is -0.378 e. The maximum atomic E-state index is 5.59. The highest BCUT2D eigenvalue weighted by Gasteiger charge is 2.23. The number of hydrogen-bond donors (Lipinski definition) is 1. The van der Waals surface area contributed by atoms with Crippen LogP contribution >= 0.6 is 0 Å². The Balaban J connectivity index is 1.51. The van der Waals surface area contributed by atoms with E-state index in [4.69, 9.17) is 4.74 Å². The molecule has 2 heteroatoms. The van der Waals surface area contributed by atoms with Crippen LogP contribution in [0.2, 0.25) is 0 Å². The van der Waals surface area contributed by atoms with Gasteiger partial charge in [0.2, 0.25) is 0 Å². The molecule has 0 radical (unpaired) electrons. The molecule has 2 aliphatic rings. The number of benzene rings is 1. The van der Waals surface area contributed by atoms with E-state index in [0.717, 1.165) is 19.7 Å². The second-order valence-electron chi connectivity index (χ2n) is 5.71. The molecule has 0 aromatic heterocycles. The predicted molar refractivity (Wildman–Crippen MR) is 73.7 cm³/mol. The van der Waals surface area contributed by atoms with Gasteiger partial charge in [-0.3, -0.25) is 0 Å². The first kappa shape index (κ1) is 12.2. The second-order valence-corrected chi connectivity index (χ2v) is 5.71. The van der Waals surface area contributed by atoms with Crippen LogP contribution < -0.4 is 5.32 Å². The molecule has 1 aliphatic heterocycles. The molecule has 3 rings (SSSR count). The van der Waals surface area contributed by atoms with E-state index >= 15 is 0 Å². The maximum absolute atomic E-state index is 5.59. The van der Waals surface area contributed by atoms with E-state index < -0.39 is 0 Å². The first-order valence-corrected chi connectivity index (χ1v) is 7.26. The van der Waals surface area contributed by atoms with Crippen LogP contribution in [0.4, 0.5) is 0 Å². The Bertz CT molecular complexity index is 416. The third-order valence-corrected chi connectivity index (χ3v) is 4.43. The number of aryl methyl sites for hydroxylation is 2. The van der Waals surface area contributed by atoms with Crippen LogP contribution in [0.3, 0.4) is 0 Å². The van der Waals surface area contributed by atoms with Crippen LogP contribution in [0.15, 0.2) is 18.2 Å². The minimum atomic E-state index is 0.428. The fraction of sp³-hybridized carbons (Fsp3) is 0.625. The summed E-state index contributed by atoms with van der Waals surface area (Å²) in [6.45, 7) is 5.20. The van der Waals surface area contributed by atoms with E-state index in [1.807, 2.05) is 0 Å². The van der Waals surface area contributed by atoms with E-state index in [9.17, 15) is 0 Å². The van der Waals surface area contributed by atoms with Gasteiger partial charge in [-0.25, -0.2) is 0 Å². The first-order chi connectivity index (χ1) is 8.83. The van der Waals surface area contributed by atoms with Gasteiger partial charge < -0.3 is 10.1 Å². The fourth-order valence-corrected chi connectivity index (χ4v) is 3.18. The summed E-state index contributed by atoms with van der Waals surface area (Å²) in [5.74, 6) is 0.694. The van der Waals surface area contributed by atoms with Gasteiger partial charge in [0.25, 0.3) is 0 Å². The third kappa shape index (κ3) is 2.60. The van der Waals surface area contributed by atoms with Crippen molar-refractivity contribution in [2.45, 2.75) is 45.3 Å². The van der Waals surface area contributed by atoms with E-state index in [1.54, 1.807) is 11.1 Å². The van der Waals surface area contributed by atoms with Crippen molar-refractivity contribution >= 4 is 0 Å². The Morgan fingerprint density at radius 2 is 2.17 bits per heavy atom. The SMILES string of the molecule is CC1OCCC1CNCc1ccc2c(c1)CCC2. The second kappa shape index (κ2) is 5.41. The summed E-state index contributed by atoms with van der Waals surface area (Å²) in [5.41, 5.74) is 4.57. The normalized spacial score (nSPS) is 26.5. The molecule has 1 saturated heterocycles. The molecule has 1 aromatic rings. The first-order valence-electron chi connectivity index (χ1n) is 7.26.